The Kier molecular flexibility index (Phi) is 5.29. The molecule has 0 radical (unpaired) electrons. The molecule has 1 aromatic rings. The fourth-order valence-corrected chi connectivity index (χ4v) is 6.34. The van der Waals surface area contributed by atoms with Crippen molar-refractivity contribution in [2.45, 2.75) is 89.6 Å². The first-order valence-corrected chi connectivity index (χ1v) is 12.1. The molecule has 4 unspecified atom stereocenters. The molecule has 32 heavy (non-hydrogen) atoms. The molecule has 4 heteroatoms. The van der Waals surface area contributed by atoms with Gasteiger partial charge in [0.15, 0.2) is 11.6 Å². The van der Waals surface area contributed by atoms with E-state index in [9.17, 15) is 9.59 Å². The van der Waals surface area contributed by atoms with E-state index in [2.05, 4.69) is 64.1 Å². The molecule has 4 bridgehead atoms. The van der Waals surface area contributed by atoms with Crippen molar-refractivity contribution in [3.63, 3.8) is 0 Å². The van der Waals surface area contributed by atoms with Crippen molar-refractivity contribution in [1.82, 2.24) is 0 Å². The molecule has 4 heterocycles. The molecule has 6 fully saturated rings. The highest BCUT2D eigenvalue weighted by molar-refractivity contribution is 6.02. The molecular formula is C28H34O4. The number of carbonyl (C=O) groups excluding carboxylic acids is 2. The lowest BCUT2D eigenvalue weighted by Crippen LogP contribution is -2.41. The summed E-state index contributed by atoms with van der Waals surface area (Å²) in [6.45, 7) is 8.42. The summed E-state index contributed by atoms with van der Waals surface area (Å²) in [7, 11) is 0. The van der Waals surface area contributed by atoms with Crippen LogP contribution in [0.25, 0.3) is 12.2 Å². The lowest BCUT2D eigenvalue weighted by Gasteiger charge is -2.40. The third-order valence-corrected chi connectivity index (χ3v) is 7.98. The maximum absolute atomic E-state index is 12.9. The summed E-state index contributed by atoms with van der Waals surface area (Å²) in [6.07, 6.45) is 9.10. The highest BCUT2D eigenvalue weighted by Crippen LogP contribution is 2.45. The Bertz CT molecular complexity index is 914. The first-order chi connectivity index (χ1) is 15.1. The summed E-state index contributed by atoms with van der Waals surface area (Å²) < 4.78 is 12.4. The van der Waals surface area contributed by atoms with Crippen LogP contribution in [0, 0.1) is 11.8 Å². The predicted molar refractivity (Wildman–Crippen MR) is 125 cm³/mol. The van der Waals surface area contributed by atoms with Crippen LogP contribution in [-0.4, -0.2) is 35.0 Å². The molecule has 4 saturated heterocycles. The van der Waals surface area contributed by atoms with Gasteiger partial charge in [-0.15, -0.1) is 0 Å². The zero-order chi connectivity index (χ0) is 22.7. The van der Waals surface area contributed by atoms with E-state index in [1.807, 2.05) is 0 Å². The van der Waals surface area contributed by atoms with Crippen LogP contribution in [0.5, 0.6) is 0 Å². The van der Waals surface area contributed by atoms with Crippen LogP contribution in [-0.2, 0) is 19.1 Å². The summed E-state index contributed by atoms with van der Waals surface area (Å²) in [5.41, 5.74) is 3.23. The molecule has 6 aliphatic rings. The van der Waals surface area contributed by atoms with Crippen molar-refractivity contribution in [2.75, 3.05) is 0 Å². The molecule has 0 aromatic heterocycles. The summed E-state index contributed by atoms with van der Waals surface area (Å²) in [6, 6.07) is 8.21. The van der Waals surface area contributed by atoms with Gasteiger partial charge in [0.2, 0.25) is 0 Å². The Morgan fingerprint density at radius 1 is 0.688 bits per heavy atom. The molecule has 4 aliphatic heterocycles. The lowest BCUT2D eigenvalue weighted by molar-refractivity contribution is -0.128. The van der Waals surface area contributed by atoms with Crippen LogP contribution < -0.4 is 0 Å². The normalized spacial score (nSPS) is 35.9. The van der Waals surface area contributed by atoms with E-state index in [0.29, 0.717) is 12.8 Å². The molecule has 0 amide bonds. The zero-order valence-electron chi connectivity index (χ0n) is 19.6. The van der Waals surface area contributed by atoms with Crippen LogP contribution >= 0.6 is 0 Å². The maximum Gasteiger partial charge on any atom is 0.161 e. The van der Waals surface area contributed by atoms with E-state index in [4.69, 9.17) is 9.47 Å². The van der Waals surface area contributed by atoms with E-state index < -0.39 is 0 Å². The van der Waals surface area contributed by atoms with Gasteiger partial charge < -0.3 is 9.47 Å². The summed E-state index contributed by atoms with van der Waals surface area (Å²) >= 11 is 0. The van der Waals surface area contributed by atoms with Gasteiger partial charge in [0, 0.05) is 35.8 Å². The quantitative estimate of drug-likeness (QED) is 0.573. The molecule has 1 aromatic carbocycles. The third kappa shape index (κ3) is 3.92. The molecule has 4 atom stereocenters. The number of rotatable bonds is 2. The molecule has 170 valence electrons. The topological polar surface area (TPSA) is 52.6 Å². The molecule has 4 nitrogen and oxygen atoms in total. The van der Waals surface area contributed by atoms with Crippen molar-refractivity contribution in [2.24, 2.45) is 11.8 Å². The minimum Gasteiger partial charge on any atom is -0.371 e. The fourth-order valence-electron chi connectivity index (χ4n) is 6.34. The Labute approximate surface area is 191 Å². The van der Waals surface area contributed by atoms with Crippen molar-refractivity contribution >= 4 is 23.7 Å². The minimum atomic E-state index is -0.306. The molecule has 2 aliphatic carbocycles. The van der Waals surface area contributed by atoms with Gasteiger partial charge in [-0.2, -0.15) is 0 Å². The molecule has 0 spiro atoms. The van der Waals surface area contributed by atoms with Crippen LogP contribution in [0.1, 0.15) is 77.3 Å². The Morgan fingerprint density at radius 3 is 1.41 bits per heavy atom. The van der Waals surface area contributed by atoms with Crippen LogP contribution in [0.4, 0.5) is 0 Å². The van der Waals surface area contributed by atoms with Crippen LogP contribution in [0.2, 0.25) is 0 Å². The Balaban J connectivity index is 1.43. The van der Waals surface area contributed by atoms with Gasteiger partial charge in [-0.1, -0.05) is 24.3 Å². The maximum atomic E-state index is 12.9. The van der Waals surface area contributed by atoms with Crippen LogP contribution in [0.3, 0.4) is 0 Å². The number of benzene rings is 1. The number of hydrogen-bond acceptors (Lipinski definition) is 4. The third-order valence-electron chi connectivity index (χ3n) is 7.98. The molecule has 7 rings (SSSR count). The van der Waals surface area contributed by atoms with E-state index in [0.717, 1.165) is 48.0 Å². The number of fused-ring (bicyclic) bond motifs is 8. The second-order valence-corrected chi connectivity index (χ2v) is 11.1. The summed E-state index contributed by atoms with van der Waals surface area (Å²) in [5, 5.41) is 0. The van der Waals surface area contributed by atoms with Gasteiger partial charge in [-0.3, -0.25) is 9.59 Å². The highest BCUT2D eigenvalue weighted by Gasteiger charge is 2.46. The van der Waals surface area contributed by atoms with Gasteiger partial charge >= 0.3 is 0 Å². The van der Waals surface area contributed by atoms with Crippen molar-refractivity contribution in [3.8, 4) is 0 Å². The highest BCUT2D eigenvalue weighted by atomic mass is 16.5. The number of hydrogen-bond donors (Lipinski definition) is 0. The van der Waals surface area contributed by atoms with Crippen molar-refractivity contribution in [1.29, 1.82) is 0 Å². The Morgan fingerprint density at radius 2 is 1.06 bits per heavy atom. The van der Waals surface area contributed by atoms with Gasteiger partial charge in [-0.25, -0.2) is 0 Å². The van der Waals surface area contributed by atoms with Crippen molar-refractivity contribution < 1.29 is 19.1 Å². The number of carbonyl (C=O) groups is 2. The smallest absolute Gasteiger partial charge is 0.161 e. The average molecular weight is 435 g/mol. The second-order valence-electron chi connectivity index (χ2n) is 11.1. The molecule has 2 saturated carbocycles. The van der Waals surface area contributed by atoms with E-state index in [-0.39, 0.29) is 46.8 Å². The fraction of sp³-hybridized carbons (Fsp3) is 0.571. The predicted octanol–water partition coefficient (Wildman–Crippen LogP) is 5.55. The number of ether oxygens (including phenoxy) is 2. The van der Waals surface area contributed by atoms with Gasteiger partial charge in [0.05, 0.1) is 23.4 Å². The first-order valence-electron chi connectivity index (χ1n) is 12.1. The van der Waals surface area contributed by atoms with Crippen molar-refractivity contribution in [3.05, 3.63) is 46.5 Å². The monoisotopic (exact) mass is 434 g/mol. The van der Waals surface area contributed by atoms with E-state index in [1.165, 1.54) is 0 Å². The van der Waals surface area contributed by atoms with E-state index in [1.54, 1.807) is 0 Å². The summed E-state index contributed by atoms with van der Waals surface area (Å²) in [4.78, 5) is 25.8. The second kappa shape index (κ2) is 7.78. The Hall–Kier alpha value is -2.04. The molecular weight excluding hydrogens is 400 g/mol. The minimum absolute atomic E-state index is 0.0502. The standard InChI is InChI=1S/C28H34O4/c1-27(2)23-11-9-19(31-27)15-25(29)21(23)13-17-5-7-18(8-6-17)14-22-24-12-10-20(16-26(22)30)32-28(24,3)4/h5-8,13-14,19-20,23-24H,9-12,15-16H2,1-4H3/b21-13+,22-14+. The number of Topliss-reactive ketones (excluding diaryl/α,β-unsaturated/α-hetero) is 2. The van der Waals surface area contributed by atoms with Gasteiger partial charge in [0.1, 0.15) is 0 Å². The largest absolute Gasteiger partial charge is 0.371 e. The first kappa shape index (κ1) is 21.8. The van der Waals surface area contributed by atoms with Gasteiger partial charge in [-0.05, 0) is 76.7 Å². The number of ketones is 2. The average Bonchev–Trinajstić information content (AvgIpc) is 3.02. The van der Waals surface area contributed by atoms with E-state index >= 15 is 0 Å². The van der Waals surface area contributed by atoms with Gasteiger partial charge in [0.25, 0.3) is 0 Å². The lowest BCUT2D eigenvalue weighted by atomic mass is 9.78. The SMILES string of the molecule is CC1(C)OC2CCC1/C(=C\c1ccc(/C=C3/C(=O)CC4CCC3C(C)(C)O4)cc1)C(=O)C2. The zero-order valence-corrected chi connectivity index (χ0v) is 19.6. The molecule has 0 N–H and O–H groups in total. The van der Waals surface area contributed by atoms with Crippen LogP contribution in [0.15, 0.2) is 35.4 Å². The summed E-state index contributed by atoms with van der Waals surface area (Å²) in [5.74, 6) is 0.709.